The summed E-state index contributed by atoms with van der Waals surface area (Å²) in [7, 11) is 0. The Kier molecular flexibility index (Phi) is 8.32. The number of benzene rings is 7. The molecule has 4 heteroatoms. The van der Waals surface area contributed by atoms with Gasteiger partial charge in [0, 0.05) is 0 Å². The monoisotopic (exact) mass is 661 g/mol. The number of nitrogens with zero attached hydrogens (tertiary/aromatic N) is 1. The van der Waals surface area contributed by atoms with Crippen LogP contribution in [0.4, 0.5) is 25.8 Å². The van der Waals surface area contributed by atoms with Crippen molar-refractivity contribution >= 4 is 47.9 Å². The zero-order valence-corrected chi connectivity index (χ0v) is 27.2. The molecule has 1 nitrogen and oxygen atoms in total. The molecule has 0 atom stereocenters. The van der Waals surface area contributed by atoms with Gasteiger partial charge >= 0.3 is 252 Å². The molecule has 0 saturated carbocycles. The summed E-state index contributed by atoms with van der Waals surface area (Å²) >= 11 is -3.32. The summed E-state index contributed by atoms with van der Waals surface area (Å²) in [6.45, 7) is 0. The van der Waals surface area contributed by atoms with Gasteiger partial charge in [-0.25, -0.2) is 8.78 Å². The van der Waals surface area contributed by atoms with Crippen LogP contribution in [-0.2, 0) is 0 Å². The first-order valence-corrected chi connectivity index (χ1v) is 19.5. The Morgan fingerprint density at radius 2 is 0.587 bits per heavy atom. The van der Waals surface area contributed by atoms with Crippen molar-refractivity contribution in [1.29, 1.82) is 0 Å². The Labute approximate surface area is 271 Å². The third kappa shape index (κ3) is 5.66. The van der Waals surface area contributed by atoms with E-state index in [4.69, 9.17) is 0 Å². The van der Waals surface area contributed by atoms with Crippen LogP contribution in [0.2, 0.25) is 0 Å². The Morgan fingerprint density at radius 3 is 0.935 bits per heavy atom. The standard InChI is InChI=1S/C42H31F2GeN/c43-34-20-28-41(29-21-34)46(42-30-22-35(44)23-31-42)40-26-18-33(19-27-40)32-16-24-39(25-17-32)45(36-10-4-1-5-11-36,37-12-6-2-7-13-37)38-14-8-3-9-15-38/h1-31H. The second-order valence-corrected chi connectivity index (χ2v) is 19.3. The van der Waals surface area contributed by atoms with Gasteiger partial charge in [-0.3, -0.25) is 0 Å². The first kappa shape index (κ1) is 29.5. The molecule has 0 unspecified atom stereocenters. The molecule has 0 aromatic heterocycles. The molecule has 0 amide bonds. The summed E-state index contributed by atoms with van der Waals surface area (Å²) in [5.41, 5.74) is 4.68. The van der Waals surface area contributed by atoms with E-state index in [1.54, 1.807) is 24.3 Å². The summed E-state index contributed by atoms with van der Waals surface area (Å²) in [5.74, 6) is -0.608. The number of hydrogen-bond donors (Lipinski definition) is 0. The number of anilines is 3. The maximum atomic E-state index is 13.8. The molecule has 0 N–H and O–H groups in total. The van der Waals surface area contributed by atoms with Crippen LogP contribution in [0, 0.1) is 11.6 Å². The topological polar surface area (TPSA) is 3.24 Å². The van der Waals surface area contributed by atoms with Gasteiger partial charge in [-0.15, -0.1) is 0 Å². The Balaban J connectivity index is 1.29. The molecule has 0 aliphatic heterocycles. The van der Waals surface area contributed by atoms with E-state index in [1.165, 1.54) is 41.8 Å². The Morgan fingerprint density at radius 1 is 0.304 bits per heavy atom. The SMILES string of the molecule is Fc1ccc(N(c2ccc(F)cc2)c2ccc(-c3cc[c]([Ge]([c]4ccccc4)([c]4ccccc4)[c]4ccccc4)cc3)cc2)cc1. The Bertz CT molecular complexity index is 1870. The van der Waals surface area contributed by atoms with Crippen LogP contribution in [0.3, 0.4) is 0 Å². The zero-order chi connectivity index (χ0) is 31.3. The van der Waals surface area contributed by atoms with Crippen molar-refractivity contribution in [2.24, 2.45) is 0 Å². The van der Waals surface area contributed by atoms with E-state index >= 15 is 0 Å². The molecule has 0 aliphatic rings. The first-order valence-electron chi connectivity index (χ1n) is 15.3. The average molecular weight is 660 g/mol. The van der Waals surface area contributed by atoms with E-state index in [9.17, 15) is 8.78 Å². The molecule has 0 spiro atoms. The fraction of sp³-hybridized carbons (Fsp3) is 0. The van der Waals surface area contributed by atoms with E-state index in [0.29, 0.717) is 0 Å². The molecular weight excluding hydrogens is 629 g/mol. The predicted molar refractivity (Wildman–Crippen MR) is 190 cm³/mol. The number of hydrogen-bond acceptors (Lipinski definition) is 1. The summed E-state index contributed by atoms with van der Waals surface area (Å²) < 4.78 is 33.1. The number of rotatable bonds is 8. The molecule has 7 rings (SSSR count). The van der Waals surface area contributed by atoms with Crippen LogP contribution in [-0.4, -0.2) is 13.3 Å². The van der Waals surface area contributed by atoms with E-state index in [2.05, 4.69) is 140 Å². The van der Waals surface area contributed by atoms with Gasteiger partial charge in [0.1, 0.15) is 11.6 Å². The molecule has 0 heterocycles. The van der Waals surface area contributed by atoms with Gasteiger partial charge in [0.2, 0.25) is 0 Å². The van der Waals surface area contributed by atoms with Gasteiger partial charge in [0.05, 0.1) is 0 Å². The average Bonchev–Trinajstić information content (AvgIpc) is 3.12. The molecule has 7 aromatic rings. The van der Waals surface area contributed by atoms with Crippen molar-refractivity contribution in [3.8, 4) is 11.1 Å². The summed E-state index contributed by atoms with van der Waals surface area (Å²) in [5, 5.41) is 0. The van der Waals surface area contributed by atoms with E-state index in [-0.39, 0.29) is 11.6 Å². The maximum absolute atomic E-state index is 13.8. The van der Waals surface area contributed by atoms with Crippen LogP contribution in [0.5, 0.6) is 0 Å². The minimum atomic E-state index is -3.32. The van der Waals surface area contributed by atoms with Gasteiger partial charge < -0.3 is 0 Å². The van der Waals surface area contributed by atoms with Crippen LogP contribution in [0.1, 0.15) is 0 Å². The molecular formula is C42H31F2GeN. The van der Waals surface area contributed by atoms with Gasteiger partial charge in [-0.05, 0) is 0 Å². The van der Waals surface area contributed by atoms with Crippen molar-refractivity contribution in [3.63, 3.8) is 0 Å². The molecule has 0 aliphatic carbocycles. The molecule has 0 fully saturated rings. The van der Waals surface area contributed by atoms with Crippen molar-refractivity contribution < 1.29 is 8.78 Å². The fourth-order valence-electron chi connectivity index (χ4n) is 6.41. The van der Waals surface area contributed by atoms with E-state index in [1.807, 2.05) is 4.90 Å². The molecule has 0 saturated heterocycles. The minimum absolute atomic E-state index is 0.304. The molecule has 7 aromatic carbocycles. The van der Waals surface area contributed by atoms with Crippen molar-refractivity contribution in [2.45, 2.75) is 0 Å². The third-order valence-electron chi connectivity index (χ3n) is 8.57. The van der Waals surface area contributed by atoms with E-state index < -0.39 is 13.3 Å². The fourth-order valence-corrected chi connectivity index (χ4v) is 16.4. The van der Waals surface area contributed by atoms with Crippen LogP contribution >= 0.6 is 0 Å². The van der Waals surface area contributed by atoms with Crippen molar-refractivity contribution in [3.05, 3.63) is 200 Å². The summed E-state index contributed by atoms with van der Waals surface area (Å²) in [6.07, 6.45) is 0. The van der Waals surface area contributed by atoms with Gasteiger partial charge in [-0.2, -0.15) is 0 Å². The van der Waals surface area contributed by atoms with Crippen LogP contribution < -0.4 is 22.5 Å². The molecule has 222 valence electrons. The Hall–Kier alpha value is -5.26. The van der Waals surface area contributed by atoms with Crippen molar-refractivity contribution in [2.75, 3.05) is 4.90 Å². The van der Waals surface area contributed by atoms with E-state index in [0.717, 1.165) is 28.2 Å². The molecule has 0 bridgehead atoms. The molecule has 46 heavy (non-hydrogen) atoms. The van der Waals surface area contributed by atoms with Gasteiger partial charge in [-0.1, -0.05) is 0 Å². The number of halogens is 2. The second-order valence-electron chi connectivity index (χ2n) is 11.3. The summed E-state index contributed by atoms with van der Waals surface area (Å²) in [6, 6.07) is 63.0. The van der Waals surface area contributed by atoms with Crippen molar-refractivity contribution in [1.82, 2.24) is 0 Å². The second kappa shape index (κ2) is 13.0. The van der Waals surface area contributed by atoms with Crippen LogP contribution in [0.25, 0.3) is 11.1 Å². The van der Waals surface area contributed by atoms with Gasteiger partial charge in [0.25, 0.3) is 0 Å². The summed E-state index contributed by atoms with van der Waals surface area (Å²) in [4.78, 5) is 1.99. The first-order chi connectivity index (χ1) is 22.6. The zero-order valence-electron chi connectivity index (χ0n) is 25.1. The molecule has 0 radical (unpaired) electrons. The predicted octanol–water partition coefficient (Wildman–Crippen LogP) is 8.48. The third-order valence-corrected chi connectivity index (χ3v) is 18.6. The van der Waals surface area contributed by atoms with Gasteiger partial charge in [0.15, 0.2) is 0 Å². The van der Waals surface area contributed by atoms with Crippen LogP contribution in [0.15, 0.2) is 188 Å². The normalized spacial score (nSPS) is 11.3. The quantitative estimate of drug-likeness (QED) is 0.148.